The first-order valence-electron chi connectivity index (χ1n) is 9.93. The Morgan fingerprint density at radius 1 is 1.16 bits per heavy atom. The van der Waals surface area contributed by atoms with Crippen molar-refractivity contribution in [3.05, 3.63) is 51.7 Å². The van der Waals surface area contributed by atoms with E-state index >= 15 is 0 Å². The molecule has 1 fully saturated rings. The second-order valence-electron chi connectivity index (χ2n) is 7.64. The normalized spacial score (nSPS) is 17.3. The number of nitrogens with one attached hydrogen (secondary N) is 1. The Labute approximate surface area is 186 Å². The lowest BCUT2D eigenvalue weighted by Crippen LogP contribution is -2.46. The predicted molar refractivity (Wildman–Crippen MR) is 108 cm³/mol. The Balaban J connectivity index is 1.56. The minimum Gasteiger partial charge on any atom is -0.378 e. The van der Waals surface area contributed by atoms with Crippen LogP contribution in [0.1, 0.15) is 35.3 Å². The summed E-state index contributed by atoms with van der Waals surface area (Å²) in [6.07, 6.45) is -4.67. The van der Waals surface area contributed by atoms with Gasteiger partial charge >= 0.3 is 12.2 Å². The number of fused-ring (bicyclic) bond motifs is 1. The molecule has 0 saturated carbocycles. The molecule has 0 bridgehead atoms. The highest BCUT2D eigenvalue weighted by molar-refractivity contribution is 6.28. The third-order valence-electron chi connectivity index (χ3n) is 5.41. The van der Waals surface area contributed by atoms with E-state index in [1.165, 1.54) is 0 Å². The molecule has 1 N–H and O–H groups in total. The van der Waals surface area contributed by atoms with E-state index < -0.39 is 23.6 Å². The highest BCUT2D eigenvalue weighted by atomic mass is 35.5. The van der Waals surface area contributed by atoms with Gasteiger partial charge in [-0.2, -0.15) is 13.2 Å². The van der Waals surface area contributed by atoms with E-state index in [-0.39, 0.29) is 30.0 Å². The van der Waals surface area contributed by atoms with Crippen molar-refractivity contribution in [1.29, 1.82) is 0 Å². The van der Waals surface area contributed by atoms with Gasteiger partial charge in [-0.05, 0) is 42.3 Å². The number of aromatic nitrogens is 2. The molecule has 1 aromatic carbocycles. The second kappa shape index (κ2) is 8.70. The molecule has 0 aliphatic carbocycles. The molecule has 7 nitrogen and oxygen atoms in total. The molecular formula is C20H20ClF4N5O2. The number of hydrogen-bond acceptors (Lipinski definition) is 5. The van der Waals surface area contributed by atoms with Crippen molar-refractivity contribution >= 4 is 23.4 Å². The summed E-state index contributed by atoms with van der Waals surface area (Å²) in [5.41, 5.74) is 0.196. The maximum Gasteiger partial charge on any atom is 0.416 e. The van der Waals surface area contributed by atoms with E-state index in [9.17, 15) is 22.4 Å². The summed E-state index contributed by atoms with van der Waals surface area (Å²) in [6, 6.07) is 1.49. The third-order valence-corrected chi connectivity index (χ3v) is 5.58. The molecule has 2 aliphatic rings. The molecule has 12 heteroatoms. The van der Waals surface area contributed by atoms with Crippen LogP contribution in [0.15, 0.2) is 18.2 Å². The largest absolute Gasteiger partial charge is 0.416 e. The zero-order valence-electron chi connectivity index (χ0n) is 17.0. The van der Waals surface area contributed by atoms with E-state index in [0.717, 1.165) is 12.1 Å². The van der Waals surface area contributed by atoms with Crippen LogP contribution in [-0.2, 0) is 24.0 Å². The zero-order valence-corrected chi connectivity index (χ0v) is 17.8. The Hall–Kier alpha value is -2.66. The van der Waals surface area contributed by atoms with Gasteiger partial charge in [0.15, 0.2) is 0 Å². The van der Waals surface area contributed by atoms with Gasteiger partial charge < -0.3 is 19.9 Å². The number of carbonyl (C=O) groups excluding carboxylic acids is 1. The van der Waals surface area contributed by atoms with Crippen LogP contribution in [-0.4, -0.2) is 52.1 Å². The molecule has 2 aliphatic heterocycles. The van der Waals surface area contributed by atoms with Crippen LogP contribution in [0.3, 0.4) is 0 Å². The standard InChI is InChI=1S/C20H20ClF4N5O2/c1-11(12-6-13(20(23,24)25)8-14(22)7-12)26-17-15-9-30(10-16(15)27-18(21)28-17)19(31)29-2-4-32-5-3-29/h6-8,11H,2-5,9-10H2,1H3,(H,26,27,28)/t11-/m1/s1. The van der Waals surface area contributed by atoms with Crippen LogP contribution < -0.4 is 5.32 Å². The number of hydrogen-bond donors (Lipinski definition) is 1. The topological polar surface area (TPSA) is 70.6 Å². The number of amides is 2. The maximum atomic E-state index is 13.8. The average Bonchev–Trinajstić information content (AvgIpc) is 3.17. The first kappa shape index (κ1) is 22.5. The smallest absolute Gasteiger partial charge is 0.378 e. The summed E-state index contributed by atoms with van der Waals surface area (Å²) >= 11 is 6.04. The van der Waals surface area contributed by atoms with Crippen molar-refractivity contribution in [3.8, 4) is 0 Å². The molecule has 32 heavy (non-hydrogen) atoms. The lowest BCUT2D eigenvalue weighted by molar-refractivity contribution is -0.137. The maximum absolute atomic E-state index is 13.8. The summed E-state index contributed by atoms with van der Waals surface area (Å²) in [7, 11) is 0. The van der Waals surface area contributed by atoms with Crippen molar-refractivity contribution in [2.24, 2.45) is 0 Å². The lowest BCUT2D eigenvalue weighted by atomic mass is 10.0. The fourth-order valence-electron chi connectivity index (χ4n) is 3.75. The van der Waals surface area contributed by atoms with Gasteiger partial charge in [0.2, 0.25) is 5.28 Å². The fourth-order valence-corrected chi connectivity index (χ4v) is 3.93. The monoisotopic (exact) mass is 473 g/mol. The molecule has 2 aromatic rings. The molecule has 2 amide bonds. The third kappa shape index (κ3) is 4.73. The summed E-state index contributed by atoms with van der Waals surface area (Å²) in [5, 5.41) is 2.94. The number of anilines is 1. The molecule has 0 unspecified atom stereocenters. The summed E-state index contributed by atoms with van der Waals surface area (Å²) in [4.78, 5) is 24.5. The quantitative estimate of drug-likeness (QED) is 0.533. The Kier molecular flexibility index (Phi) is 6.13. The van der Waals surface area contributed by atoms with Crippen molar-refractivity contribution < 1.29 is 27.1 Å². The molecule has 1 saturated heterocycles. The average molecular weight is 474 g/mol. The highest BCUT2D eigenvalue weighted by Crippen LogP contribution is 2.34. The van der Waals surface area contributed by atoms with Gasteiger partial charge in [-0.1, -0.05) is 0 Å². The van der Waals surface area contributed by atoms with Crippen LogP contribution in [0.5, 0.6) is 0 Å². The van der Waals surface area contributed by atoms with Gasteiger partial charge in [-0.15, -0.1) is 0 Å². The molecule has 0 spiro atoms. The number of benzene rings is 1. The SMILES string of the molecule is C[C@@H](Nc1nc(Cl)nc2c1CN(C(=O)N1CCOCC1)C2)c1cc(F)cc(C(F)(F)F)c1. The minimum absolute atomic E-state index is 0.0608. The summed E-state index contributed by atoms with van der Waals surface area (Å²) in [5.74, 6) is -0.695. The van der Waals surface area contributed by atoms with Crippen molar-refractivity contribution in [1.82, 2.24) is 19.8 Å². The molecule has 1 atom stereocenters. The van der Waals surface area contributed by atoms with Crippen LogP contribution in [0.2, 0.25) is 5.28 Å². The number of rotatable bonds is 3. The van der Waals surface area contributed by atoms with E-state index in [4.69, 9.17) is 16.3 Å². The number of alkyl halides is 3. The number of halogens is 5. The molecule has 3 heterocycles. The van der Waals surface area contributed by atoms with Gasteiger partial charge in [-0.25, -0.2) is 19.2 Å². The van der Waals surface area contributed by atoms with Crippen LogP contribution in [0.25, 0.3) is 0 Å². The fraction of sp³-hybridized carbons (Fsp3) is 0.450. The number of morpholine rings is 1. The van der Waals surface area contributed by atoms with Crippen LogP contribution in [0.4, 0.5) is 28.2 Å². The van der Waals surface area contributed by atoms with Gasteiger partial charge in [0.05, 0.1) is 43.6 Å². The summed E-state index contributed by atoms with van der Waals surface area (Å²) in [6.45, 7) is 3.95. The van der Waals surface area contributed by atoms with E-state index in [2.05, 4.69) is 15.3 Å². The van der Waals surface area contributed by atoms with E-state index in [1.54, 1.807) is 16.7 Å². The zero-order chi connectivity index (χ0) is 23.0. The first-order chi connectivity index (χ1) is 15.1. The van der Waals surface area contributed by atoms with Gasteiger partial charge in [-0.3, -0.25) is 0 Å². The Morgan fingerprint density at radius 2 is 1.88 bits per heavy atom. The van der Waals surface area contributed by atoms with Crippen LogP contribution >= 0.6 is 11.6 Å². The second-order valence-corrected chi connectivity index (χ2v) is 7.98. The number of ether oxygens (including phenoxy) is 1. The Bertz CT molecular complexity index is 1030. The minimum atomic E-state index is -4.67. The molecule has 4 rings (SSSR count). The predicted octanol–water partition coefficient (Wildman–Crippen LogP) is 4.23. The number of urea groups is 1. The van der Waals surface area contributed by atoms with E-state index in [1.807, 2.05) is 0 Å². The van der Waals surface area contributed by atoms with Gasteiger partial charge in [0.1, 0.15) is 11.6 Å². The van der Waals surface area contributed by atoms with E-state index in [0.29, 0.717) is 49.4 Å². The summed E-state index contributed by atoms with van der Waals surface area (Å²) < 4.78 is 58.3. The van der Waals surface area contributed by atoms with Crippen LogP contribution in [0, 0.1) is 5.82 Å². The molecule has 1 aromatic heterocycles. The van der Waals surface area contributed by atoms with Crippen molar-refractivity contribution in [2.75, 3.05) is 31.6 Å². The molecule has 172 valence electrons. The van der Waals surface area contributed by atoms with Gasteiger partial charge in [0.25, 0.3) is 0 Å². The first-order valence-corrected chi connectivity index (χ1v) is 10.3. The van der Waals surface area contributed by atoms with Crippen molar-refractivity contribution in [3.63, 3.8) is 0 Å². The molecule has 0 radical (unpaired) electrons. The van der Waals surface area contributed by atoms with Gasteiger partial charge in [0, 0.05) is 18.7 Å². The van der Waals surface area contributed by atoms with Crippen molar-refractivity contribution in [2.45, 2.75) is 32.2 Å². The molecular weight excluding hydrogens is 454 g/mol. The Morgan fingerprint density at radius 3 is 2.56 bits per heavy atom. The lowest BCUT2D eigenvalue weighted by Gasteiger charge is -2.30. The number of nitrogens with zero attached hydrogens (tertiary/aromatic N) is 4. The highest BCUT2D eigenvalue weighted by Gasteiger charge is 2.33. The number of carbonyl (C=O) groups is 1.